The molecule has 29 heavy (non-hydrogen) atoms. The second-order valence-corrected chi connectivity index (χ2v) is 7.85. The average Bonchev–Trinajstić information content (AvgIpc) is 2.73. The Bertz CT molecular complexity index is 310. The van der Waals surface area contributed by atoms with Crippen molar-refractivity contribution < 1.29 is 18.9 Å². The number of unbranched alkanes of at least 4 members (excludes halogenated alkanes) is 10. The Morgan fingerprint density at radius 2 is 1.17 bits per heavy atom. The van der Waals surface area contributed by atoms with E-state index in [1.54, 1.807) is 6.26 Å². The second-order valence-electron chi connectivity index (χ2n) is 7.85. The summed E-state index contributed by atoms with van der Waals surface area (Å²) >= 11 is 0. The minimum atomic E-state index is 0.0131. The standard InChI is InChI=1S/C25H50O4/c1-4-7-20-26-24-27-21-18-16-14-12-10-11-13-15-17-19-25(28-22-8-5-2)29-23-9-6-3/h18,21,25H,4-17,19-20,22-24H2,1-3H3. The van der Waals surface area contributed by atoms with Gasteiger partial charge in [-0.3, -0.25) is 0 Å². The zero-order valence-electron chi connectivity index (χ0n) is 19.8. The van der Waals surface area contributed by atoms with Crippen LogP contribution in [0.5, 0.6) is 0 Å². The van der Waals surface area contributed by atoms with Crippen molar-refractivity contribution in [2.75, 3.05) is 26.6 Å². The molecule has 0 N–H and O–H groups in total. The fraction of sp³-hybridized carbons (Fsp3) is 0.920. The number of hydrogen-bond donors (Lipinski definition) is 0. The molecule has 0 aliphatic rings. The van der Waals surface area contributed by atoms with Crippen LogP contribution in [0.25, 0.3) is 0 Å². The number of rotatable bonds is 24. The molecule has 0 aromatic carbocycles. The molecule has 4 heteroatoms. The van der Waals surface area contributed by atoms with Gasteiger partial charge in [-0.2, -0.15) is 0 Å². The lowest BCUT2D eigenvalue weighted by atomic mass is 10.1. The molecule has 0 aliphatic carbocycles. The van der Waals surface area contributed by atoms with Crippen LogP contribution in [0.3, 0.4) is 0 Å². The Morgan fingerprint density at radius 3 is 1.79 bits per heavy atom. The van der Waals surface area contributed by atoms with Crippen molar-refractivity contribution in [3.63, 3.8) is 0 Å². The van der Waals surface area contributed by atoms with Gasteiger partial charge in [0.2, 0.25) is 0 Å². The molecule has 0 unspecified atom stereocenters. The number of allylic oxidation sites excluding steroid dienone is 1. The van der Waals surface area contributed by atoms with E-state index in [0.29, 0.717) is 6.79 Å². The quantitative estimate of drug-likeness (QED) is 0.0918. The van der Waals surface area contributed by atoms with E-state index in [4.69, 9.17) is 18.9 Å². The fourth-order valence-electron chi connectivity index (χ4n) is 2.92. The zero-order valence-corrected chi connectivity index (χ0v) is 19.8. The van der Waals surface area contributed by atoms with Crippen LogP contribution in [0, 0.1) is 0 Å². The Labute approximate surface area is 181 Å². The minimum absolute atomic E-state index is 0.0131. The first kappa shape index (κ1) is 28.4. The van der Waals surface area contributed by atoms with Crippen LogP contribution in [0.2, 0.25) is 0 Å². The summed E-state index contributed by atoms with van der Waals surface area (Å²) in [5.74, 6) is 0. The van der Waals surface area contributed by atoms with E-state index < -0.39 is 0 Å². The summed E-state index contributed by atoms with van der Waals surface area (Å²) in [5.41, 5.74) is 0. The molecular formula is C25H50O4. The van der Waals surface area contributed by atoms with E-state index in [1.165, 1.54) is 57.8 Å². The third kappa shape index (κ3) is 23.6. The summed E-state index contributed by atoms with van der Waals surface area (Å²) in [6, 6.07) is 0. The number of hydrogen-bond acceptors (Lipinski definition) is 4. The SMILES string of the molecule is CCCCOCOC=CCCCCCCCCCC(OCCCC)OCCCC. The highest BCUT2D eigenvalue weighted by Crippen LogP contribution is 2.13. The summed E-state index contributed by atoms with van der Waals surface area (Å²) in [4.78, 5) is 0. The van der Waals surface area contributed by atoms with E-state index in [0.717, 1.165) is 58.3 Å². The molecule has 0 rings (SSSR count). The first-order valence-corrected chi connectivity index (χ1v) is 12.4. The van der Waals surface area contributed by atoms with Crippen molar-refractivity contribution in [3.8, 4) is 0 Å². The molecule has 0 aromatic rings. The molecule has 0 heterocycles. The maximum Gasteiger partial charge on any atom is 0.188 e. The first-order chi connectivity index (χ1) is 14.3. The normalized spacial score (nSPS) is 11.7. The van der Waals surface area contributed by atoms with Gasteiger partial charge in [0, 0.05) is 13.2 Å². The smallest absolute Gasteiger partial charge is 0.188 e. The summed E-state index contributed by atoms with van der Waals surface area (Å²) in [7, 11) is 0. The molecule has 0 radical (unpaired) electrons. The van der Waals surface area contributed by atoms with Gasteiger partial charge in [0.15, 0.2) is 13.1 Å². The molecule has 0 amide bonds. The fourth-order valence-corrected chi connectivity index (χ4v) is 2.92. The molecule has 0 saturated carbocycles. The van der Waals surface area contributed by atoms with E-state index in [-0.39, 0.29) is 6.29 Å². The van der Waals surface area contributed by atoms with E-state index >= 15 is 0 Å². The van der Waals surface area contributed by atoms with Crippen LogP contribution in [-0.4, -0.2) is 32.9 Å². The van der Waals surface area contributed by atoms with Crippen molar-refractivity contribution >= 4 is 0 Å². The minimum Gasteiger partial charge on any atom is -0.475 e. The lowest BCUT2D eigenvalue weighted by molar-refractivity contribution is -0.147. The van der Waals surface area contributed by atoms with Crippen LogP contribution < -0.4 is 0 Å². The molecule has 0 aromatic heterocycles. The zero-order chi connectivity index (χ0) is 21.3. The highest BCUT2D eigenvalue weighted by molar-refractivity contribution is 4.72. The van der Waals surface area contributed by atoms with Gasteiger partial charge < -0.3 is 18.9 Å². The van der Waals surface area contributed by atoms with Gasteiger partial charge in [-0.15, -0.1) is 0 Å². The Hall–Kier alpha value is -0.580. The molecule has 0 spiro atoms. The average molecular weight is 415 g/mol. The van der Waals surface area contributed by atoms with Crippen molar-refractivity contribution in [1.29, 1.82) is 0 Å². The van der Waals surface area contributed by atoms with Crippen LogP contribution >= 0.6 is 0 Å². The van der Waals surface area contributed by atoms with Crippen LogP contribution in [0.15, 0.2) is 12.3 Å². The summed E-state index contributed by atoms with van der Waals surface area (Å²) in [6.07, 6.45) is 22.0. The van der Waals surface area contributed by atoms with E-state index in [2.05, 4.69) is 26.8 Å². The summed E-state index contributed by atoms with van der Waals surface area (Å²) < 4.78 is 22.5. The van der Waals surface area contributed by atoms with Crippen LogP contribution in [0.4, 0.5) is 0 Å². The van der Waals surface area contributed by atoms with Gasteiger partial charge in [-0.25, -0.2) is 0 Å². The molecular weight excluding hydrogens is 364 g/mol. The highest BCUT2D eigenvalue weighted by atomic mass is 16.7. The lowest BCUT2D eigenvalue weighted by Crippen LogP contribution is -2.18. The largest absolute Gasteiger partial charge is 0.475 e. The van der Waals surface area contributed by atoms with Gasteiger partial charge in [0.25, 0.3) is 0 Å². The molecule has 0 fully saturated rings. The summed E-state index contributed by atoms with van der Waals surface area (Å²) in [6.45, 7) is 9.40. The van der Waals surface area contributed by atoms with Gasteiger partial charge in [0.1, 0.15) is 0 Å². The Morgan fingerprint density at radius 1 is 0.621 bits per heavy atom. The van der Waals surface area contributed by atoms with Gasteiger partial charge in [0.05, 0.1) is 12.9 Å². The third-order valence-corrected chi connectivity index (χ3v) is 4.90. The second kappa shape index (κ2) is 25.5. The van der Waals surface area contributed by atoms with E-state index in [1.807, 2.05) is 0 Å². The topological polar surface area (TPSA) is 36.9 Å². The molecule has 0 atom stereocenters. The molecule has 0 bridgehead atoms. The van der Waals surface area contributed by atoms with E-state index in [9.17, 15) is 0 Å². The maximum atomic E-state index is 5.91. The van der Waals surface area contributed by atoms with Gasteiger partial charge >= 0.3 is 0 Å². The van der Waals surface area contributed by atoms with Crippen molar-refractivity contribution in [1.82, 2.24) is 0 Å². The van der Waals surface area contributed by atoms with Crippen LogP contribution in [0.1, 0.15) is 117 Å². The maximum absolute atomic E-state index is 5.91. The molecule has 4 nitrogen and oxygen atoms in total. The van der Waals surface area contributed by atoms with Crippen molar-refractivity contribution in [2.24, 2.45) is 0 Å². The predicted octanol–water partition coefficient (Wildman–Crippen LogP) is 7.76. The number of ether oxygens (including phenoxy) is 4. The van der Waals surface area contributed by atoms with Crippen molar-refractivity contribution in [2.45, 2.75) is 123 Å². The lowest BCUT2D eigenvalue weighted by Gasteiger charge is -2.18. The Balaban J connectivity index is 3.43. The predicted molar refractivity (Wildman–Crippen MR) is 123 cm³/mol. The van der Waals surface area contributed by atoms with Crippen LogP contribution in [-0.2, 0) is 18.9 Å². The third-order valence-electron chi connectivity index (χ3n) is 4.90. The first-order valence-electron chi connectivity index (χ1n) is 12.4. The molecule has 0 aliphatic heterocycles. The van der Waals surface area contributed by atoms with Gasteiger partial charge in [-0.1, -0.05) is 72.1 Å². The molecule has 0 saturated heterocycles. The highest BCUT2D eigenvalue weighted by Gasteiger charge is 2.08. The summed E-state index contributed by atoms with van der Waals surface area (Å²) in [5, 5.41) is 0. The molecule has 174 valence electrons. The Kier molecular flexibility index (Phi) is 24.9. The van der Waals surface area contributed by atoms with Crippen molar-refractivity contribution in [3.05, 3.63) is 12.3 Å². The monoisotopic (exact) mass is 414 g/mol. The van der Waals surface area contributed by atoms with Gasteiger partial charge in [-0.05, 0) is 51.0 Å².